The summed E-state index contributed by atoms with van der Waals surface area (Å²) in [6, 6.07) is 9.55. The van der Waals surface area contributed by atoms with E-state index in [9.17, 15) is 4.79 Å². The number of benzene rings is 1. The van der Waals surface area contributed by atoms with E-state index < -0.39 is 0 Å². The number of carbonyl (C=O) groups is 1. The van der Waals surface area contributed by atoms with Crippen LogP contribution >= 0.6 is 0 Å². The molecule has 0 fully saturated rings. The molecule has 0 N–H and O–H groups in total. The summed E-state index contributed by atoms with van der Waals surface area (Å²) in [7, 11) is 0. The van der Waals surface area contributed by atoms with Crippen molar-refractivity contribution in [2.24, 2.45) is 0 Å². The van der Waals surface area contributed by atoms with E-state index in [1.165, 1.54) is 12.8 Å². The zero-order valence-electron chi connectivity index (χ0n) is 11.0. The van der Waals surface area contributed by atoms with Gasteiger partial charge in [0.2, 0.25) is 0 Å². The van der Waals surface area contributed by atoms with E-state index in [0.717, 1.165) is 5.56 Å². The molecule has 2 nitrogen and oxygen atoms in total. The van der Waals surface area contributed by atoms with Crippen molar-refractivity contribution < 1.29 is 9.53 Å². The molecule has 0 radical (unpaired) electrons. The minimum Gasteiger partial charge on any atom is -0.457 e. The standard InChI is InChI=1S/C11H12O2.C4H10/c1-9(2)11(12)13-8-10-6-4-3-5-7-10;1-3-4-2/h3-7H,1,8H2,2H3;3-4H2,1-2H3. The predicted molar refractivity (Wildman–Crippen MR) is 71.6 cm³/mol. The number of carbonyl (C=O) groups excluding carboxylic acids is 1. The van der Waals surface area contributed by atoms with Crippen molar-refractivity contribution in [3.8, 4) is 0 Å². The van der Waals surface area contributed by atoms with E-state index in [-0.39, 0.29) is 5.97 Å². The Morgan fingerprint density at radius 3 is 2.12 bits per heavy atom. The number of esters is 1. The van der Waals surface area contributed by atoms with Crippen LogP contribution in [0.3, 0.4) is 0 Å². The molecule has 0 aliphatic rings. The molecule has 94 valence electrons. The second-order valence-electron chi connectivity index (χ2n) is 3.84. The summed E-state index contributed by atoms with van der Waals surface area (Å²) in [5, 5.41) is 0. The number of hydrogen-bond acceptors (Lipinski definition) is 2. The highest BCUT2D eigenvalue weighted by atomic mass is 16.5. The van der Waals surface area contributed by atoms with Gasteiger partial charge in [-0.25, -0.2) is 4.79 Å². The largest absolute Gasteiger partial charge is 0.457 e. The lowest BCUT2D eigenvalue weighted by Crippen LogP contribution is -2.04. The minimum atomic E-state index is -0.344. The third-order valence-electron chi connectivity index (χ3n) is 2.06. The van der Waals surface area contributed by atoms with Gasteiger partial charge in [-0.2, -0.15) is 0 Å². The van der Waals surface area contributed by atoms with Gasteiger partial charge in [-0.05, 0) is 12.5 Å². The van der Waals surface area contributed by atoms with Crippen molar-refractivity contribution in [2.75, 3.05) is 0 Å². The Morgan fingerprint density at radius 1 is 1.18 bits per heavy atom. The quantitative estimate of drug-likeness (QED) is 0.579. The molecule has 1 aromatic rings. The van der Waals surface area contributed by atoms with Crippen molar-refractivity contribution >= 4 is 5.97 Å². The molecule has 0 saturated heterocycles. The van der Waals surface area contributed by atoms with Gasteiger partial charge >= 0.3 is 5.97 Å². The molecule has 0 saturated carbocycles. The molecule has 0 heterocycles. The summed E-state index contributed by atoms with van der Waals surface area (Å²) in [6.45, 7) is 9.80. The SMILES string of the molecule is C=C(C)C(=O)OCc1ccccc1.CCCC. The van der Waals surface area contributed by atoms with Gasteiger partial charge in [0.1, 0.15) is 6.61 Å². The van der Waals surface area contributed by atoms with Gasteiger partial charge in [0.05, 0.1) is 0 Å². The maximum absolute atomic E-state index is 11.0. The zero-order chi connectivity index (χ0) is 13.1. The Morgan fingerprint density at radius 2 is 1.71 bits per heavy atom. The van der Waals surface area contributed by atoms with Crippen molar-refractivity contribution in [2.45, 2.75) is 40.2 Å². The smallest absolute Gasteiger partial charge is 0.333 e. The number of unbranched alkanes of at least 4 members (excludes halogenated alkanes) is 1. The van der Waals surface area contributed by atoms with Gasteiger partial charge in [-0.1, -0.05) is 63.6 Å². The van der Waals surface area contributed by atoms with Crippen LogP contribution in [-0.2, 0) is 16.1 Å². The molecule has 2 heteroatoms. The molecular formula is C15H22O2. The molecule has 0 amide bonds. The zero-order valence-corrected chi connectivity index (χ0v) is 11.0. The maximum Gasteiger partial charge on any atom is 0.333 e. The lowest BCUT2D eigenvalue weighted by Gasteiger charge is -2.03. The number of hydrogen-bond donors (Lipinski definition) is 0. The van der Waals surface area contributed by atoms with Crippen molar-refractivity contribution in [1.29, 1.82) is 0 Å². The van der Waals surface area contributed by atoms with E-state index >= 15 is 0 Å². The molecule has 1 aromatic carbocycles. The second-order valence-corrected chi connectivity index (χ2v) is 3.84. The van der Waals surface area contributed by atoms with Gasteiger partial charge < -0.3 is 4.74 Å². The molecule has 17 heavy (non-hydrogen) atoms. The topological polar surface area (TPSA) is 26.3 Å². The Balaban J connectivity index is 0.000000557. The number of rotatable bonds is 4. The fourth-order valence-electron chi connectivity index (χ4n) is 0.846. The number of ether oxygens (including phenoxy) is 1. The van der Waals surface area contributed by atoms with E-state index in [1.54, 1.807) is 6.92 Å². The van der Waals surface area contributed by atoms with Crippen LogP contribution in [0.2, 0.25) is 0 Å². The lowest BCUT2D eigenvalue weighted by molar-refractivity contribution is -0.140. The average molecular weight is 234 g/mol. The highest BCUT2D eigenvalue weighted by molar-refractivity contribution is 5.86. The third-order valence-corrected chi connectivity index (χ3v) is 2.06. The van der Waals surface area contributed by atoms with E-state index in [2.05, 4.69) is 20.4 Å². The molecule has 0 atom stereocenters. The van der Waals surface area contributed by atoms with Crippen LogP contribution in [0.15, 0.2) is 42.5 Å². The van der Waals surface area contributed by atoms with Gasteiger partial charge in [0, 0.05) is 5.57 Å². The molecule has 0 aliphatic heterocycles. The highest BCUT2D eigenvalue weighted by Crippen LogP contribution is 2.02. The first kappa shape index (κ1) is 15.4. The summed E-state index contributed by atoms with van der Waals surface area (Å²) >= 11 is 0. The normalized spacial score (nSPS) is 8.88. The molecule has 0 bridgehead atoms. The van der Waals surface area contributed by atoms with Gasteiger partial charge in [-0.3, -0.25) is 0 Å². The summed E-state index contributed by atoms with van der Waals surface area (Å²) in [4.78, 5) is 11.0. The van der Waals surface area contributed by atoms with Crippen LogP contribution in [0, 0.1) is 0 Å². The minimum absolute atomic E-state index is 0.312. The lowest BCUT2D eigenvalue weighted by atomic mass is 10.2. The van der Waals surface area contributed by atoms with Crippen molar-refractivity contribution in [3.05, 3.63) is 48.0 Å². The Labute approximate surface area is 104 Å². The summed E-state index contributed by atoms with van der Waals surface area (Å²) in [5.41, 5.74) is 1.41. The third kappa shape index (κ3) is 8.26. The van der Waals surface area contributed by atoms with Crippen LogP contribution < -0.4 is 0 Å². The van der Waals surface area contributed by atoms with E-state index in [1.807, 2.05) is 30.3 Å². The van der Waals surface area contributed by atoms with Gasteiger partial charge in [-0.15, -0.1) is 0 Å². The maximum atomic E-state index is 11.0. The Hall–Kier alpha value is -1.57. The summed E-state index contributed by atoms with van der Waals surface area (Å²) < 4.78 is 4.95. The van der Waals surface area contributed by atoms with Gasteiger partial charge in [0.15, 0.2) is 0 Å². The van der Waals surface area contributed by atoms with Crippen LogP contribution in [0.25, 0.3) is 0 Å². The van der Waals surface area contributed by atoms with Gasteiger partial charge in [0.25, 0.3) is 0 Å². The summed E-state index contributed by atoms with van der Waals surface area (Å²) in [5.74, 6) is -0.344. The van der Waals surface area contributed by atoms with Crippen LogP contribution in [0.1, 0.15) is 39.2 Å². The first-order valence-corrected chi connectivity index (χ1v) is 5.98. The fourth-order valence-corrected chi connectivity index (χ4v) is 0.846. The molecule has 0 aliphatic carbocycles. The monoisotopic (exact) mass is 234 g/mol. The van der Waals surface area contributed by atoms with E-state index in [0.29, 0.717) is 12.2 Å². The predicted octanol–water partition coefficient (Wildman–Crippen LogP) is 4.11. The van der Waals surface area contributed by atoms with Crippen LogP contribution in [0.4, 0.5) is 0 Å². The second kappa shape index (κ2) is 9.64. The summed E-state index contributed by atoms with van der Waals surface area (Å²) in [6.07, 6.45) is 2.64. The molecular weight excluding hydrogens is 212 g/mol. The van der Waals surface area contributed by atoms with Crippen molar-refractivity contribution in [1.82, 2.24) is 0 Å². The first-order chi connectivity index (χ1) is 8.11. The average Bonchev–Trinajstić information content (AvgIpc) is 2.37. The molecule has 0 aromatic heterocycles. The molecule has 0 unspecified atom stereocenters. The van der Waals surface area contributed by atoms with E-state index in [4.69, 9.17) is 4.74 Å². The highest BCUT2D eigenvalue weighted by Gasteiger charge is 2.02. The van der Waals surface area contributed by atoms with Crippen LogP contribution in [-0.4, -0.2) is 5.97 Å². The van der Waals surface area contributed by atoms with Crippen molar-refractivity contribution in [3.63, 3.8) is 0 Å². The fraction of sp³-hybridized carbons (Fsp3) is 0.400. The van der Waals surface area contributed by atoms with Crippen LogP contribution in [0.5, 0.6) is 0 Å². The first-order valence-electron chi connectivity index (χ1n) is 5.98. The molecule has 0 spiro atoms. The Kier molecular flexibility index (Phi) is 8.75. The molecule has 1 rings (SSSR count). The Bertz CT molecular complexity index is 326.